The molecule has 0 bridgehead atoms. The van der Waals surface area contributed by atoms with Crippen LogP contribution in [-0.4, -0.2) is 4.92 Å². The Kier molecular flexibility index (Phi) is 9.82. The maximum atomic E-state index is 12.2. The summed E-state index contributed by atoms with van der Waals surface area (Å²) in [5, 5.41) is 10.2. The molecule has 3 aromatic carbocycles. The third kappa shape index (κ3) is 9.25. The lowest BCUT2D eigenvalue weighted by molar-refractivity contribution is -0.385. The van der Waals surface area contributed by atoms with Gasteiger partial charge in [-0.1, -0.05) is 11.6 Å². The first kappa shape index (κ1) is 31.7. The Bertz CT molecular complexity index is 1210. The molecule has 0 fully saturated rings. The van der Waals surface area contributed by atoms with Gasteiger partial charge in [-0.3, -0.25) is 10.1 Å². The first-order valence-electron chi connectivity index (χ1n) is 9.91. The fraction of sp³-hybridized carbons (Fsp3) is 0.182. The second kappa shape index (κ2) is 11.8. The third-order valence-corrected chi connectivity index (χ3v) is 4.45. The highest BCUT2D eigenvalue weighted by Crippen LogP contribution is 2.36. The Labute approximate surface area is 209 Å². The van der Waals surface area contributed by atoms with Gasteiger partial charge in [-0.05, 0) is 43.3 Å². The van der Waals surface area contributed by atoms with Gasteiger partial charge >= 0.3 is 18.5 Å². The molecule has 0 spiro atoms. The predicted octanol–water partition coefficient (Wildman–Crippen LogP) is 6.66. The van der Waals surface area contributed by atoms with Crippen molar-refractivity contribution < 1.29 is 44.4 Å². The number of anilines is 4. The van der Waals surface area contributed by atoms with Crippen molar-refractivity contribution in [3.63, 3.8) is 0 Å². The maximum absolute atomic E-state index is 12.2. The lowest BCUT2D eigenvalue weighted by Crippen LogP contribution is -2.09. The number of halogens is 9. The first-order chi connectivity index (χ1) is 17.1. The van der Waals surface area contributed by atoms with E-state index in [1.807, 2.05) is 0 Å². The topological polar surface area (TPSA) is 147 Å². The van der Waals surface area contributed by atoms with Crippen molar-refractivity contribution in [3.05, 3.63) is 87.0 Å². The Morgan fingerprint density at radius 1 is 0.605 bits per heavy atom. The molecule has 16 heteroatoms. The highest BCUT2D eigenvalue weighted by molar-refractivity contribution is 5.56. The summed E-state index contributed by atoms with van der Waals surface area (Å²) in [6, 6.07) is 9.32. The van der Waals surface area contributed by atoms with Gasteiger partial charge in [0.05, 0.1) is 21.6 Å². The number of non-ortho nitro benzene ring substituents is 1. The summed E-state index contributed by atoms with van der Waals surface area (Å²) in [7, 11) is 0. The number of nitrogens with two attached hydrogens (primary N) is 4. The van der Waals surface area contributed by atoms with Crippen molar-refractivity contribution in [1.29, 1.82) is 0 Å². The molecule has 3 rings (SSSR count). The van der Waals surface area contributed by atoms with Crippen LogP contribution in [0.3, 0.4) is 0 Å². The number of alkyl halides is 9. The molecule has 0 heterocycles. The molecule has 0 amide bonds. The standard InChI is InChI=1S/C8H8F3N.C7H5F3N2O2.C7H7F3N2/c1-5-2-3-7(12)6(4-5)8(9,10)11;8-7(9,10)5-3-4(12(13)14)1-2-6(5)11;8-7(9,10)5-3-4(11)1-2-6(5)12/h2-4H,12H2,1H3;1-3H,11H2;1-3H,11-12H2. The van der Waals surface area contributed by atoms with Crippen LogP contribution in [0.5, 0.6) is 0 Å². The van der Waals surface area contributed by atoms with Gasteiger partial charge in [0, 0.05) is 34.9 Å². The number of rotatable bonds is 1. The number of benzene rings is 3. The quantitative estimate of drug-likeness (QED) is 0.114. The van der Waals surface area contributed by atoms with Crippen LogP contribution in [0.25, 0.3) is 0 Å². The van der Waals surface area contributed by atoms with Crippen LogP contribution < -0.4 is 22.9 Å². The molecule has 8 N–H and O–H groups in total. The van der Waals surface area contributed by atoms with Crippen molar-refractivity contribution in [3.8, 4) is 0 Å². The van der Waals surface area contributed by atoms with Crippen molar-refractivity contribution in [2.75, 3.05) is 22.9 Å². The smallest absolute Gasteiger partial charge is 0.399 e. The van der Waals surface area contributed by atoms with Crippen LogP contribution in [0.2, 0.25) is 0 Å². The maximum Gasteiger partial charge on any atom is 0.418 e. The zero-order valence-electron chi connectivity index (χ0n) is 19.2. The molecule has 0 aliphatic carbocycles. The zero-order chi connectivity index (χ0) is 29.6. The van der Waals surface area contributed by atoms with Crippen LogP contribution in [0.15, 0.2) is 54.6 Å². The largest absolute Gasteiger partial charge is 0.418 e. The molecule has 0 unspecified atom stereocenters. The fourth-order valence-electron chi connectivity index (χ4n) is 2.64. The molecular formula is C22H20F9N5O2. The number of nitrogens with zero attached hydrogens (tertiary/aromatic N) is 1. The average molecular weight is 557 g/mol. The summed E-state index contributed by atoms with van der Waals surface area (Å²) < 4.78 is 109. The van der Waals surface area contributed by atoms with Crippen LogP contribution in [0.1, 0.15) is 22.3 Å². The highest BCUT2D eigenvalue weighted by Gasteiger charge is 2.35. The van der Waals surface area contributed by atoms with E-state index in [-0.39, 0.29) is 17.1 Å². The van der Waals surface area contributed by atoms with E-state index < -0.39 is 51.5 Å². The van der Waals surface area contributed by atoms with Gasteiger partial charge in [-0.2, -0.15) is 39.5 Å². The molecule has 7 nitrogen and oxygen atoms in total. The average Bonchev–Trinajstić information content (AvgIpc) is 2.76. The minimum atomic E-state index is -4.67. The van der Waals surface area contributed by atoms with E-state index in [0.717, 1.165) is 30.3 Å². The Hall–Kier alpha value is -4.37. The van der Waals surface area contributed by atoms with Crippen LogP contribution in [0, 0.1) is 17.0 Å². The summed E-state index contributed by atoms with van der Waals surface area (Å²) in [5.74, 6) is 0. The molecule has 0 aromatic heterocycles. The van der Waals surface area contributed by atoms with Crippen molar-refractivity contribution in [2.24, 2.45) is 0 Å². The first-order valence-corrected chi connectivity index (χ1v) is 9.91. The molecule has 3 aromatic rings. The van der Waals surface area contributed by atoms with E-state index >= 15 is 0 Å². The van der Waals surface area contributed by atoms with Crippen LogP contribution in [-0.2, 0) is 18.5 Å². The van der Waals surface area contributed by atoms with Gasteiger partial charge in [-0.25, -0.2) is 0 Å². The number of hydrogen-bond acceptors (Lipinski definition) is 6. The summed E-state index contributed by atoms with van der Waals surface area (Å²) in [6.07, 6.45) is -13.5. The molecule has 38 heavy (non-hydrogen) atoms. The number of nitrogen functional groups attached to an aromatic ring is 4. The van der Waals surface area contributed by atoms with Crippen molar-refractivity contribution in [2.45, 2.75) is 25.5 Å². The van der Waals surface area contributed by atoms with E-state index in [9.17, 15) is 49.6 Å². The monoisotopic (exact) mass is 557 g/mol. The van der Waals surface area contributed by atoms with Crippen LogP contribution in [0.4, 0.5) is 68.0 Å². The number of nitro benzene ring substituents is 1. The second-order valence-corrected chi connectivity index (χ2v) is 7.46. The summed E-state index contributed by atoms with van der Waals surface area (Å²) >= 11 is 0. The van der Waals surface area contributed by atoms with Crippen molar-refractivity contribution in [1.82, 2.24) is 0 Å². The van der Waals surface area contributed by atoms with E-state index in [2.05, 4.69) is 0 Å². The molecular weight excluding hydrogens is 537 g/mol. The lowest BCUT2D eigenvalue weighted by Gasteiger charge is -2.09. The number of hydrogen-bond donors (Lipinski definition) is 4. The normalized spacial score (nSPS) is 11.5. The Morgan fingerprint density at radius 3 is 1.34 bits per heavy atom. The molecule has 0 atom stereocenters. The van der Waals surface area contributed by atoms with Gasteiger partial charge in [-0.15, -0.1) is 0 Å². The van der Waals surface area contributed by atoms with E-state index in [1.165, 1.54) is 12.1 Å². The molecule has 0 saturated heterocycles. The minimum absolute atomic E-state index is 0.0523. The molecule has 0 aliphatic heterocycles. The predicted molar refractivity (Wildman–Crippen MR) is 123 cm³/mol. The van der Waals surface area contributed by atoms with E-state index in [1.54, 1.807) is 13.0 Å². The van der Waals surface area contributed by atoms with E-state index in [0.29, 0.717) is 11.6 Å². The van der Waals surface area contributed by atoms with Crippen molar-refractivity contribution >= 4 is 28.4 Å². The van der Waals surface area contributed by atoms with E-state index in [4.69, 9.17) is 22.9 Å². The Morgan fingerprint density at radius 2 is 0.974 bits per heavy atom. The fourth-order valence-corrected chi connectivity index (χ4v) is 2.64. The number of nitro groups is 1. The second-order valence-electron chi connectivity index (χ2n) is 7.46. The summed E-state index contributed by atoms with van der Waals surface area (Å²) in [4.78, 5) is 9.28. The van der Waals surface area contributed by atoms with Gasteiger partial charge in [0.25, 0.3) is 5.69 Å². The summed E-state index contributed by atoms with van der Waals surface area (Å²) in [6.45, 7) is 1.59. The molecule has 208 valence electrons. The third-order valence-electron chi connectivity index (χ3n) is 4.45. The van der Waals surface area contributed by atoms with Gasteiger partial charge in [0.15, 0.2) is 0 Å². The Balaban J connectivity index is 0.000000286. The molecule has 0 aliphatic rings. The van der Waals surface area contributed by atoms with Gasteiger partial charge in [0.2, 0.25) is 0 Å². The molecule has 0 radical (unpaired) electrons. The van der Waals surface area contributed by atoms with Crippen LogP contribution >= 0.6 is 0 Å². The minimum Gasteiger partial charge on any atom is -0.399 e. The zero-order valence-corrected chi connectivity index (χ0v) is 19.2. The highest BCUT2D eigenvalue weighted by atomic mass is 19.4. The SMILES string of the molecule is Cc1ccc(N)c(C(F)(F)F)c1.Nc1ccc(N)c(C(F)(F)F)c1.Nc1ccc([N+](=O)[O-])cc1C(F)(F)F. The number of aryl methyl sites for hydroxylation is 1. The summed E-state index contributed by atoms with van der Waals surface area (Å²) in [5.41, 5.74) is 16.5. The lowest BCUT2D eigenvalue weighted by atomic mass is 10.1. The molecule has 0 saturated carbocycles. The van der Waals surface area contributed by atoms with Gasteiger partial charge < -0.3 is 22.9 Å². The van der Waals surface area contributed by atoms with Gasteiger partial charge in [0.1, 0.15) is 0 Å².